The molecule has 1 heterocycles. The van der Waals surface area contributed by atoms with Crippen LogP contribution in [0.15, 0.2) is 0 Å². The molecule has 0 aromatic carbocycles. The van der Waals surface area contributed by atoms with Crippen LogP contribution in [0, 0.1) is 5.92 Å². The molecule has 0 saturated carbocycles. The van der Waals surface area contributed by atoms with Crippen molar-refractivity contribution in [3.63, 3.8) is 0 Å². The van der Waals surface area contributed by atoms with Gasteiger partial charge in [0.15, 0.2) is 0 Å². The predicted octanol–water partition coefficient (Wildman–Crippen LogP) is 0.939. The fraction of sp³-hybridized carbons (Fsp3) is 1.00. The molecule has 0 bridgehead atoms. The molecule has 0 aliphatic carbocycles. The van der Waals surface area contributed by atoms with Crippen molar-refractivity contribution >= 4 is 10.2 Å². The molecule has 5 nitrogen and oxygen atoms in total. The average Bonchev–Trinajstić information content (AvgIpc) is 2.25. The minimum atomic E-state index is -3.35. The van der Waals surface area contributed by atoms with E-state index in [1.807, 2.05) is 13.8 Å². The molecule has 1 aliphatic rings. The lowest BCUT2D eigenvalue weighted by atomic mass is 9.98. The molecule has 18 heavy (non-hydrogen) atoms. The maximum Gasteiger partial charge on any atom is 0.277 e. The molecule has 1 aliphatic heterocycles. The van der Waals surface area contributed by atoms with Crippen LogP contribution in [0.25, 0.3) is 0 Å². The molecule has 6 heteroatoms. The fourth-order valence-corrected chi connectivity index (χ4v) is 3.35. The summed E-state index contributed by atoms with van der Waals surface area (Å²) in [4.78, 5) is 2.36. The Bertz CT molecular complexity index is 335. The van der Waals surface area contributed by atoms with Crippen molar-refractivity contribution in [3.8, 4) is 0 Å². The summed E-state index contributed by atoms with van der Waals surface area (Å²) in [6, 6.07) is 0.176. The van der Waals surface area contributed by atoms with Gasteiger partial charge in [-0.3, -0.25) is 4.90 Å². The Morgan fingerprint density at radius 2 is 1.78 bits per heavy atom. The van der Waals surface area contributed by atoms with Gasteiger partial charge in [-0.15, -0.1) is 0 Å². The summed E-state index contributed by atoms with van der Waals surface area (Å²) >= 11 is 0. The topological polar surface area (TPSA) is 61.4 Å². The summed E-state index contributed by atoms with van der Waals surface area (Å²) in [6.45, 7) is 10.6. The molecule has 108 valence electrons. The van der Waals surface area contributed by atoms with Crippen molar-refractivity contribution in [3.05, 3.63) is 0 Å². The second kappa shape index (κ2) is 6.84. The van der Waals surface area contributed by atoms with Crippen molar-refractivity contribution in [1.29, 1.82) is 0 Å². The number of piperidine rings is 1. The molecule has 0 aromatic rings. The van der Waals surface area contributed by atoms with Gasteiger partial charge in [-0.05, 0) is 52.6 Å². The largest absolute Gasteiger partial charge is 0.299 e. The van der Waals surface area contributed by atoms with Gasteiger partial charge in [0, 0.05) is 18.6 Å². The van der Waals surface area contributed by atoms with Crippen LogP contribution >= 0.6 is 0 Å². The van der Waals surface area contributed by atoms with Crippen LogP contribution in [0.5, 0.6) is 0 Å². The Kier molecular flexibility index (Phi) is 6.04. The Balaban J connectivity index is 2.34. The molecular formula is C12H27N3O2S. The van der Waals surface area contributed by atoms with Gasteiger partial charge < -0.3 is 0 Å². The third kappa shape index (κ3) is 5.65. The van der Waals surface area contributed by atoms with Crippen molar-refractivity contribution in [2.45, 2.75) is 52.6 Å². The van der Waals surface area contributed by atoms with Gasteiger partial charge in [0.05, 0.1) is 0 Å². The Morgan fingerprint density at radius 3 is 2.28 bits per heavy atom. The Hall–Kier alpha value is -0.170. The van der Waals surface area contributed by atoms with Crippen LogP contribution in [0.3, 0.4) is 0 Å². The van der Waals surface area contributed by atoms with E-state index in [0.717, 1.165) is 19.0 Å². The standard InChI is InChI=1S/C12H27N3O2S/c1-10(2)14-18(16,17)13-9-12(4)15-7-5-11(3)6-8-15/h10-14H,5-9H2,1-4H3. The summed E-state index contributed by atoms with van der Waals surface area (Å²) < 4.78 is 28.4. The number of likely N-dealkylation sites (tertiary alicyclic amines) is 1. The van der Waals surface area contributed by atoms with Crippen molar-refractivity contribution < 1.29 is 8.42 Å². The molecule has 1 fully saturated rings. The van der Waals surface area contributed by atoms with Crippen LogP contribution in [0.2, 0.25) is 0 Å². The van der Waals surface area contributed by atoms with Crippen LogP contribution in [0.1, 0.15) is 40.5 Å². The third-order valence-corrected chi connectivity index (χ3v) is 4.73. The first-order valence-electron chi connectivity index (χ1n) is 6.81. The number of nitrogens with zero attached hydrogens (tertiary/aromatic N) is 1. The molecule has 0 amide bonds. The summed E-state index contributed by atoms with van der Waals surface area (Å²) in [5.74, 6) is 0.799. The molecule has 0 radical (unpaired) electrons. The van der Waals surface area contributed by atoms with E-state index >= 15 is 0 Å². The number of hydrogen-bond acceptors (Lipinski definition) is 3. The second-order valence-corrected chi connectivity index (χ2v) is 7.22. The molecule has 2 N–H and O–H groups in total. The monoisotopic (exact) mass is 277 g/mol. The molecule has 1 unspecified atom stereocenters. The zero-order valence-electron chi connectivity index (χ0n) is 11.9. The second-order valence-electron chi connectivity index (χ2n) is 5.69. The van der Waals surface area contributed by atoms with E-state index in [0.29, 0.717) is 6.54 Å². The van der Waals surface area contributed by atoms with E-state index in [1.165, 1.54) is 12.8 Å². The average molecular weight is 277 g/mol. The van der Waals surface area contributed by atoms with E-state index in [4.69, 9.17) is 0 Å². The summed E-state index contributed by atoms with van der Waals surface area (Å²) in [6.07, 6.45) is 2.42. The van der Waals surface area contributed by atoms with Gasteiger partial charge in [0.2, 0.25) is 0 Å². The lowest BCUT2D eigenvalue weighted by Gasteiger charge is -2.35. The zero-order valence-corrected chi connectivity index (χ0v) is 12.8. The molecule has 1 rings (SSSR count). The molecule has 0 spiro atoms. The van der Waals surface area contributed by atoms with E-state index < -0.39 is 10.2 Å². The van der Waals surface area contributed by atoms with E-state index in [2.05, 4.69) is 28.2 Å². The molecule has 0 aromatic heterocycles. The van der Waals surface area contributed by atoms with Crippen LogP contribution < -0.4 is 9.44 Å². The van der Waals surface area contributed by atoms with Gasteiger partial charge >= 0.3 is 0 Å². The van der Waals surface area contributed by atoms with E-state index in [1.54, 1.807) is 0 Å². The molecule has 1 saturated heterocycles. The third-order valence-electron chi connectivity index (χ3n) is 3.40. The molecule has 1 atom stereocenters. The first-order valence-corrected chi connectivity index (χ1v) is 8.29. The lowest BCUT2D eigenvalue weighted by Crippen LogP contribution is -2.48. The van der Waals surface area contributed by atoms with Gasteiger partial charge in [0.1, 0.15) is 0 Å². The maximum absolute atomic E-state index is 11.6. The number of nitrogens with one attached hydrogen (secondary N) is 2. The highest BCUT2D eigenvalue weighted by atomic mass is 32.2. The minimum Gasteiger partial charge on any atom is -0.299 e. The van der Waals surface area contributed by atoms with Crippen molar-refractivity contribution in [2.24, 2.45) is 5.92 Å². The van der Waals surface area contributed by atoms with Crippen molar-refractivity contribution in [1.82, 2.24) is 14.3 Å². The van der Waals surface area contributed by atoms with Crippen LogP contribution in [-0.2, 0) is 10.2 Å². The Labute approximate surface area is 112 Å². The van der Waals surface area contributed by atoms with Gasteiger partial charge in [-0.1, -0.05) is 6.92 Å². The summed E-state index contributed by atoms with van der Waals surface area (Å²) in [7, 11) is -3.35. The number of rotatable bonds is 6. The predicted molar refractivity (Wildman–Crippen MR) is 74.6 cm³/mol. The maximum atomic E-state index is 11.6. The highest BCUT2D eigenvalue weighted by Crippen LogP contribution is 2.17. The SMILES string of the molecule is CC1CCN(C(C)CNS(=O)(=O)NC(C)C)CC1. The van der Waals surface area contributed by atoms with Gasteiger partial charge in [-0.25, -0.2) is 4.72 Å². The van der Waals surface area contributed by atoms with E-state index in [-0.39, 0.29) is 12.1 Å². The number of hydrogen-bond donors (Lipinski definition) is 2. The van der Waals surface area contributed by atoms with Crippen LogP contribution in [-0.4, -0.2) is 45.0 Å². The highest BCUT2D eigenvalue weighted by molar-refractivity contribution is 7.87. The first kappa shape index (κ1) is 15.9. The normalized spacial score (nSPS) is 21.4. The fourth-order valence-electron chi connectivity index (χ4n) is 2.18. The van der Waals surface area contributed by atoms with Gasteiger partial charge in [0.25, 0.3) is 10.2 Å². The van der Waals surface area contributed by atoms with Crippen molar-refractivity contribution in [2.75, 3.05) is 19.6 Å². The first-order chi connectivity index (χ1) is 8.30. The smallest absolute Gasteiger partial charge is 0.277 e. The molecular weight excluding hydrogens is 250 g/mol. The Morgan fingerprint density at radius 1 is 1.22 bits per heavy atom. The van der Waals surface area contributed by atoms with E-state index in [9.17, 15) is 8.42 Å². The lowest BCUT2D eigenvalue weighted by molar-refractivity contribution is 0.148. The highest BCUT2D eigenvalue weighted by Gasteiger charge is 2.21. The summed E-state index contributed by atoms with van der Waals surface area (Å²) in [5.41, 5.74) is 0. The zero-order chi connectivity index (χ0) is 13.8. The minimum absolute atomic E-state index is 0.0753. The van der Waals surface area contributed by atoms with Gasteiger partial charge in [-0.2, -0.15) is 13.1 Å². The summed E-state index contributed by atoms with van der Waals surface area (Å²) in [5, 5.41) is 0. The van der Waals surface area contributed by atoms with Crippen LogP contribution in [0.4, 0.5) is 0 Å². The quantitative estimate of drug-likeness (QED) is 0.759.